The summed E-state index contributed by atoms with van der Waals surface area (Å²) in [6, 6.07) is 1.05. The fourth-order valence-electron chi connectivity index (χ4n) is 3.99. The van der Waals surface area contributed by atoms with Crippen LogP contribution in [0.25, 0.3) is 0 Å². The highest BCUT2D eigenvalue weighted by molar-refractivity contribution is 5.50. The van der Waals surface area contributed by atoms with E-state index in [1.165, 1.54) is 28.6 Å². The number of fused-ring (bicyclic) bond motifs is 1. The molecule has 5 nitrogen and oxygen atoms in total. The summed E-state index contributed by atoms with van der Waals surface area (Å²) in [7, 11) is 0. The summed E-state index contributed by atoms with van der Waals surface area (Å²) in [5, 5.41) is 3.73. The van der Waals surface area contributed by atoms with Crippen LogP contribution in [-0.2, 0) is 19.0 Å². The van der Waals surface area contributed by atoms with Crippen LogP contribution >= 0.6 is 0 Å². The number of alkyl halides is 3. The molecular weight excluding hydrogens is 343 g/mol. The van der Waals surface area contributed by atoms with Crippen LogP contribution in [0.3, 0.4) is 0 Å². The van der Waals surface area contributed by atoms with E-state index in [1.807, 2.05) is 6.92 Å². The molecule has 0 atom stereocenters. The fourth-order valence-corrected chi connectivity index (χ4v) is 3.99. The van der Waals surface area contributed by atoms with Crippen molar-refractivity contribution in [3.05, 3.63) is 35.0 Å². The lowest BCUT2D eigenvalue weighted by molar-refractivity contribution is -0.141. The zero-order chi connectivity index (χ0) is 18.3. The number of hydrogen-bond donors (Lipinski definition) is 0. The molecule has 3 heterocycles. The molecule has 1 aliphatic carbocycles. The number of aromatic nitrogens is 4. The van der Waals surface area contributed by atoms with Gasteiger partial charge in [-0.15, -0.1) is 0 Å². The maximum Gasteiger partial charge on any atom is 0.435 e. The van der Waals surface area contributed by atoms with E-state index in [0.717, 1.165) is 62.9 Å². The Balaban J connectivity index is 1.49. The maximum atomic E-state index is 12.8. The summed E-state index contributed by atoms with van der Waals surface area (Å²) in [5.74, 6) is 1.83. The third-order valence-corrected chi connectivity index (χ3v) is 5.31. The van der Waals surface area contributed by atoms with Gasteiger partial charge >= 0.3 is 6.18 Å². The molecule has 2 aliphatic rings. The summed E-state index contributed by atoms with van der Waals surface area (Å²) in [4.78, 5) is 11.6. The van der Waals surface area contributed by atoms with Gasteiger partial charge in [0, 0.05) is 30.5 Å². The minimum Gasteiger partial charge on any atom is -0.356 e. The Kier molecular flexibility index (Phi) is 4.36. The summed E-state index contributed by atoms with van der Waals surface area (Å²) in [5.41, 5.74) is 1.61. The van der Waals surface area contributed by atoms with E-state index in [1.54, 1.807) is 0 Å². The van der Waals surface area contributed by atoms with Crippen molar-refractivity contribution in [3.63, 3.8) is 0 Å². The van der Waals surface area contributed by atoms with E-state index in [-0.39, 0.29) is 6.04 Å². The molecule has 0 unspecified atom stereocenters. The molecule has 1 saturated heterocycles. The molecule has 0 N–H and O–H groups in total. The SMILES string of the molecule is Cc1nc2c(c(N3CCC(n4ccc(C(F)(F)F)n4)CC3)n1)CCCC2. The second kappa shape index (κ2) is 6.55. The summed E-state index contributed by atoms with van der Waals surface area (Å²) < 4.78 is 39.7. The van der Waals surface area contributed by atoms with E-state index in [9.17, 15) is 13.2 Å². The zero-order valence-electron chi connectivity index (χ0n) is 14.8. The lowest BCUT2D eigenvalue weighted by atomic mass is 9.95. The normalized spacial score (nSPS) is 18.8. The number of nitrogens with zero attached hydrogens (tertiary/aromatic N) is 5. The zero-order valence-corrected chi connectivity index (χ0v) is 14.8. The summed E-state index contributed by atoms with van der Waals surface area (Å²) in [6.45, 7) is 3.47. The van der Waals surface area contributed by atoms with Gasteiger partial charge in [-0.05, 0) is 51.5 Å². The first-order valence-electron chi connectivity index (χ1n) is 9.15. The van der Waals surface area contributed by atoms with E-state index in [2.05, 4.69) is 20.0 Å². The third kappa shape index (κ3) is 3.29. The van der Waals surface area contributed by atoms with Crippen LogP contribution in [0.2, 0.25) is 0 Å². The maximum absolute atomic E-state index is 12.8. The monoisotopic (exact) mass is 365 g/mol. The van der Waals surface area contributed by atoms with Crippen LogP contribution in [0.1, 0.15) is 54.5 Å². The van der Waals surface area contributed by atoms with Crippen LogP contribution in [0.15, 0.2) is 12.3 Å². The lowest BCUT2D eigenvalue weighted by Crippen LogP contribution is -2.36. The van der Waals surface area contributed by atoms with E-state index < -0.39 is 11.9 Å². The molecule has 8 heteroatoms. The Labute approximate surface area is 150 Å². The Morgan fingerprint density at radius 2 is 1.81 bits per heavy atom. The lowest BCUT2D eigenvalue weighted by Gasteiger charge is -2.35. The van der Waals surface area contributed by atoms with E-state index >= 15 is 0 Å². The number of anilines is 1. The van der Waals surface area contributed by atoms with Gasteiger partial charge in [0.1, 0.15) is 11.6 Å². The van der Waals surface area contributed by atoms with Crippen molar-refractivity contribution in [2.45, 2.75) is 57.7 Å². The Morgan fingerprint density at radius 3 is 2.50 bits per heavy atom. The van der Waals surface area contributed by atoms with E-state index in [0.29, 0.717) is 0 Å². The predicted octanol–water partition coefficient (Wildman–Crippen LogP) is 3.72. The number of hydrogen-bond acceptors (Lipinski definition) is 4. The first kappa shape index (κ1) is 17.3. The molecule has 4 rings (SSSR count). The van der Waals surface area contributed by atoms with Gasteiger partial charge < -0.3 is 4.90 Å². The molecule has 2 aromatic heterocycles. The smallest absolute Gasteiger partial charge is 0.356 e. The van der Waals surface area contributed by atoms with Crippen molar-refractivity contribution in [3.8, 4) is 0 Å². The third-order valence-electron chi connectivity index (χ3n) is 5.31. The highest BCUT2D eigenvalue weighted by atomic mass is 19.4. The standard InChI is InChI=1S/C18H22F3N5/c1-12-22-15-5-3-2-4-14(15)17(23-12)25-9-6-13(7-10-25)26-11-8-16(24-26)18(19,20)21/h8,11,13H,2-7,9-10H2,1H3. The van der Waals surface area contributed by atoms with Crippen LogP contribution in [0, 0.1) is 6.92 Å². The fraction of sp³-hybridized carbons (Fsp3) is 0.611. The first-order chi connectivity index (χ1) is 12.4. The molecule has 0 aromatic carbocycles. The van der Waals surface area contributed by atoms with Crippen LogP contribution in [-0.4, -0.2) is 32.8 Å². The Bertz CT molecular complexity index is 791. The van der Waals surface area contributed by atoms with Crippen LogP contribution in [0.4, 0.5) is 19.0 Å². The van der Waals surface area contributed by atoms with Crippen molar-refractivity contribution in [2.75, 3.05) is 18.0 Å². The van der Waals surface area contributed by atoms with Crippen LogP contribution in [0.5, 0.6) is 0 Å². The largest absolute Gasteiger partial charge is 0.435 e. The van der Waals surface area contributed by atoms with Gasteiger partial charge in [-0.25, -0.2) is 9.97 Å². The number of aryl methyl sites for hydroxylation is 2. The quantitative estimate of drug-likeness (QED) is 0.814. The summed E-state index contributed by atoms with van der Waals surface area (Å²) in [6.07, 6.45) is 2.94. The number of halogens is 3. The van der Waals surface area contributed by atoms with Crippen molar-refractivity contribution < 1.29 is 13.2 Å². The predicted molar refractivity (Wildman–Crippen MR) is 91.1 cm³/mol. The Hall–Kier alpha value is -2.12. The second-order valence-electron chi connectivity index (χ2n) is 7.12. The highest BCUT2D eigenvalue weighted by Crippen LogP contribution is 2.33. The number of rotatable bonds is 2. The van der Waals surface area contributed by atoms with Crippen molar-refractivity contribution in [1.29, 1.82) is 0 Å². The van der Waals surface area contributed by atoms with Gasteiger partial charge in [0.25, 0.3) is 0 Å². The van der Waals surface area contributed by atoms with Crippen LogP contribution < -0.4 is 4.90 Å². The molecule has 26 heavy (non-hydrogen) atoms. The van der Waals surface area contributed by atoms with Crippen molar-refractivity contribution >= 4 is 5.82 Å². The van der Waals surface area contributed by atoms with Crippen molar-refractivity contribution in [2.24, 2.45) is 0 Å². The van der Waals surface area contributed by atoms with Gasteiger partial charge in [0.05, 0.1) is 6.04 Å². The van der Waals surface area contributed by atoms with E-state index in [4.69, 9.17) is 0 Å². The topological polar surface area (TPSA) is 46.8 Å². The average Bonchev–Trinajstić information content (AvgIpc) is 3.12. The molecule has 2 aromatic rings. The molecule has 0 bridgehead atoms. The minimum absolute atomic E-state index is 0.00103. The Morgan fingerprint density at radius 1 is 1.08 bits per heavy atom. The molecule has 1 fully saturated rings. The van der Waals surface area contributed by atoms with Gasteiger partial charge in [-0.1, -0.05) is 0 Å². The first-order valence-corrected chi connectivity index (χ1v) is 9.15. The highest BCUT2D eigenvalue weighted by Gasteiger charge is 2.34. The summed E-state index contributed by atoms with van der Waals surface area (Å²) >= 11 is 0. The van der Waals surface area contributed by atoms with Gasteiger partial charge in [-0.3, -0.25) is 4.68 Å². The minimum atomic E-state index is -4.39. The van der Waals surface area contributed by atoms with Crippen molar-refractivity contribution in [1.82, 2.24) is 19.7 Å². The molecule has 1 aliphatic heterocycles. The molecule has 0 radical (unpaired) electrons. The van der Waals surface area contributed by atoms with Gasteiger partial charge in [0.2, 0.25) is 0 Å². The molecule has 0 amide bonds. The van der Waals surface area contributed by atoms with Gasteiger partial charge in [-0.2, -0.15) is 18.3 Å². The van der Waals surface area contributed by atoms with Gasteiger partial charge in [0.15, 0.2) is 5.69 Å². The molecule has 0 saturated carbocycles. The molecule has 0 spiro atoms. The molecular formula is C18H22F3N5. The molecule has 140 valence electrons. The number of piperidine rings is 1. The second-order valence-corrected chi connectivity index (χ2v) is 7.12. The average molecular weight is 365 g/mol.